The largest absolute Gasteiger partial charge is 0.340 e. The number of carbonyl (C=O) groups excluding carboxylic acids is 1. The second kappa shape index (κ2) is 6.97. The van der Waals surface area contributed by atoms with Gasteiger partial charge in [-0.25, -0.2) is 0 Å². The molecule has 0 unspecified atom stereocenters. The monoisotopic (exact) mass is 308 g/mol. The molecule has 1 saturated heterocycles. The summed E-state index contributed by atoms with van der Waals surface area (Å²) >= 11 is 0. The zero-order valence-corrected chi connectivity index (χ0v) is 14.0. The Morgan fingerprint density at radius 2 is 1.65 bits per heavy atom. The molecule has 23 heavy (non-hydrogen) atoms. The summed E-state index contributed by atoms with van der Waals surface area (Å²) in [4.78, 5) is 15.8. The second-order valence-corrected chi connectivity index (χ2v) is 6.29. The molecular weight excluding hydrogens is 284 g/mol. The molecule has 1 aliphatic heterocycles. The predicted molar refractivity (Wildman–Crippen MR) is 94.1 cm³/mol. The Bertz CT molecular complexity index is 673. The third-order valence-electron chi connectivity index (χ3n) is 4.66. The molecule has 3 nitrogen and oxygen atoms in total. The number of nitrogens with zero attached hydrogens (tertiary/aromatic N) is 2. The van der Waals surface area contributed by atoms with Gasteiger partial charge in [0.2, 0.25) is 5.91 Å². The van der Waals surface area contributed by atoms with Crippen LogP contribution in [0, 0.1) is 6.92 Å². The number of aryl methyl sites for hydroxylation is 1. The van der Waals surface area contributed by atoms with E-state index in [2.05, 4.69) is 54.3 Å². The third-order valence-corrected chi connectivity index (χ3v) is 4.66. The van der Waals surface area contributed by atoms with Crippen LogP contribution in [0.4, 0.5) is 0 Å². The SMILES string of the molecule is CC(=O)N1CCN(Cc2ccc(-c3ccccc3)cc2C)CC1. The van der Waals surface area contributed by atoms with Crippen molar-refractivity contribution in [1.29, 1.82) is 0 Å². The fraction of sp³-hybridized carbons (Fsp3) is 0.350. The normalized spacial score (nSPS) is 15.7. The first-order valence-electron chi connectivity index (χ1n) is 8.26. The maximum absolute atomic E-state index is 11.4. The van der Waals surface area contributed by atoms with E-state index < -0.39 is 0 Å². The van der Waals surface area contributed by atoms with E-state index in [-0.39, 0.29) is 5.91 Å². The Labute approximate surface area is 138 Å². The average Bonchev–Trinajstić information content (AvgIpc) is 2.58. The van der Waals surface area contributed by atoms with Crippen LogP contribution in [0.3, 0.4) is 0 Å². The van der Waals surface area contributed by atoms with Crippen molar-refractivity contribution in [3.8, 4) is 11.1 Å². The molecule has 0 bridgehead atoms. The van der Waals surface area contributed by atoms with E-state index in [1.165, 1.54) is 22.3 Å². The lowest BCUT2D eigenvalue weighted by Crippen LogP contribution is -2.47. The number of benzene rings is 2. The van der Waals surface area contributed by atoms with Crippen LogP contribution in [-0.4, -0.2) is 41.9 Å². The van der Waals surface area contributed by atoms with Gasteiger partial charge in [0.1, 0.15) is 0 Å². The summed E-state index contributed by atoms with van der Waals surface area (Å²) in [5.74, 6) is 0.188. The second-order valence-electron chi connectivity index (χ2n) is 6.29. The highest BCUT2D eigenvalue weighted by Crippen LogP contribution is 2.23. The van der Waals surface area contributed by atoms with Crippen LogP contribution >= 0.6 is 0 Å². The average molecular weight is 308 g/mol. The predicted octanol–water partition coefficient (Wildman–Crippen LogP) is 3.33. The van der Waals surface area contributed by atoms with Crippen molar-refractivity contribution in [3.63, 3.8) is 0 Å². The molecule has 0 atom stereocenters. The molecule has 1 fully saturated rings. The molecule has 1 heterocycles. The van der Waals surface area contributed by atoms with Crippen LogP contribution in [0.25, 0.3) is 11.1 Å². The molecule has 1 amide bonds. The topological polar surface area (TPSA) is 23.6 Å². The van der Waals surface area contributed by atoms with Crippen LogP contribution in [-0.2, 0) is 11.3 Å². The van der Waals surface area contributed by atoms with Crippen molar-refractivity contribution in [1.82, 2.24) is 9.80 Å². The molecule has 0 saturated carbocycles. The van der Waals surface area contributed by atoms with Gasteiger partial charge in [-0.2, -0.15) is 0 Å². The van der Waals surface area contributed by atoms with Gasteiger partial charge in [0.25, 0.3) is 0 Å². The lowest BCUT2D eigenvalue weighted by Gasteiger charge is -2.34. The van der Waals surface area contributed by atoms with Gasteiger partial charge >= 0.3 is 0 Å². The van der Waals surface area contributed by atoms with E-state index >= 15 is 0 Å². The Morgan fingerprint density at radius 3 is 2.26 bits per heavy atom. The van der Waals surface area contributed by atoms with Crippen molar-refractivity contribution < 1.29 is 4.79 Å². The molecule has 0 spiro atoms. The summed E-state index contributed by atoms with van der Waals surface area (Å²) in [5.41, 5.74) is 5.24. The van der Waals surface area contributed by atoms with Gasteiger partial charge in [0.15, 0.2) is 0 Å². The molecule has 3 rings (SSSR count). The van der Waals surface area contributed by atoms with E-state index in [0.717, 1.165) is 32.7 Å². The number of carbonyl (C=O) groups is 1. The van der Waals surface area contributed by atoms with E-state index in [1.54, 1.807) is 6.92 Å². The fourth-order valence-corrected chi connectivity index (χ4v) is 3.15. The minimum atomic E-state index is 0.188. The number of hydrogen-bond donors (Lipinski definition) is 0. The van der Waals surface area contributed by atoms with Crippen LogP contribution < -0.4 is 0 Å². The highest BCUT2D eigenvalue weighted by molar-refractivity contribution is 5.73. The summed E-state index contributed by atoms with van der Waals surface area (Å²) in [6.07, 6.45) is 0. The molecule has 0 N–H and O–H groups in total. The minimum Gasteiger partial charge on any atom is -0.340 e. The molecule has 1 aliphatic rings. The lowest BCUT2D eigenvalue weighted by atomic mass is 9.99. The summed E-state index contributed by atoms with van der Waals surface area (Å²) in [6, 6.07) is 17.2. The zero-order chi connectivity index (χ0) is 16.2. The molecule has 0 aliphatic carbocycles. The number of rotatable bonds is 3. The van der Waals surface area contributed by atoms with Crippen LogP contribution in [0.5, 0.6) is 0 Å². The molecular formula is C20H24N2O. The minimum absolute atomic E-state index is 0.188. The van der Waals surface area contributed by atoms with Crippen molar-refractivity contribution in [2.45, 2.75) is 20.4 Å². The number of amides is 1. The van der Waals surface area contributed by atoms with Crippen LogP contribution in [0.15, 0.2) is 48.5 Å². The quantitative estimate of drug-likeness (QED) is 0.868. The molecule has 2 aromatic carbocycles. The number of piperazine rings is 1. The highest BCUT2D eigenvalue weighted by atomic mass is 16.2. The van der Waals surface area contributed by atoms with Gasteiger partial charge in [0.05, 0.1) is 0 Å². The standard InChI is InChI=1S/C20H24N2O/c1-16-14-19(18-6-4-3-5-7-18)8-9-20(16)15-21-10-12-22(13-11-21)17(2)23/h3-9,14H,10-13,15H2,1-2H3. The molecule has 0 radical (unpaired) electrons. The summed E-state index contributed by atoms with van der Waals surface area (Å²) in [5, 5.41) is 0. The summed E-state index contributed by atoms with van der Waals surface area (Å²) in [6.45, 7) is 8.41. The maximum Gasteiger partial charge on any atom is 0.219 e. The Balaban J connectivity index is 1.67. The summed E-state index contributed by atoms with van der Waals surface area (Å²) < 4.78 is 0. The van der Waals surface area contributed by atoms with E-state index in [9.17, 15) is 4.79 Å². The lowest BCUT2D eigenvalue weighted by molar-refractivity contribution is -0.130. The third kappa shape index (κ3) is 3.80. The van der Waals surface area contributed by atoms with Crippen molar-refractivity contribution >= 4 is 5.91 Å². The smallest absolute Gasteiger partial charge is 0.219 e. The van der Waals surface area contributed by atoms with Gasteiger partial charge < -0.3 is 4.90 Å². The van der Waals surface area contributed by atoms with Crippen LogP contribution in [0.2, 0.25) is 0 Å². The molecule has 0 aromatic heterocycles. The van der Waals surface area contributed by atoms with Gasteiger partial charge in [-0.1, -0.05) is 48.5 Å². The molecule has 120 valence electrons. The fourth-order valence-electron chi connectivity index (χ4n) is 3.15. The van der Waals surface area contributed by atoms with Gasteiger partial charge in [-0.05, 0) is 29.2 Å². The van der Waals surface area contributed by atoms with Crippen LogP contribution in [0.1, 0.15) is 18.1 Å². The van der Waals surface area contributed by atoms with Crippen molar-refractivity contribution in [3.05, 3.63) is 59.7 Å². The molecule has 3 heteroatoms. The van der Waals surface area contributed by atoms with E-state index in [4.69, 9.17) is 0 Å². The van der Waals surface area contributed by atoms with Gasteiger partial charge in [-0.15, -0.1) is 0 Å². The maximum atomic E-state index is 11.4. The van der Waals surface area contributed by atoms with Gasteiger partial charge in [-0.3, -0.25) is 9.69 Å². The van der Waals surface area contributed by atoms with Gasteiger partial charge in [0, 0.05) is 39.6 Å². The first-order valence-corrected chi connectivity index (χ1v) is 8.26. The Morgan fingerprint density at radius 1 is 0.957 bits per heavy atom. The highest BCUT2D eigenvalue weighted by Gasteiger charge is 2.18. The summed E-state index contributed by atoms with van der Waals surface area (Å²) in [7, 11) is 0. The molecule has 2 aromatic rings. The van der Waals surface area contributed by atoms with E-state index in [0.29, 0.717) is 0 Å². The zero-order valence-electron chi connectivity index (χ0n) is 14.0. The van der Waals surface area contributed by atoms with Crippen molar-refractivity contribution in [2.24, 2.45) is 0 Å². The Kier molecular flexibility index (Phi) is 4.77. The van der Waals surface area contributed by atoms with E-state index in [1.807, 2.05) is 11.0 Å². The number of hydrogen-bond acceptors (Lipinski definition) is 2. The first-order chi connectivity index (χ1) is 11.1. The first kappa shape index (κ1) is 15.8. The Hall–Kier alpha value is -2.13. The van der Waals surface area contributed by atoms with Crippen molar-refractivity contribution in [2.75, 3.05) is 26.2 Å².